The molecule has 0 aromatic heterocycles. The second-order valence-electron chi connectivity index (χ2n) is 3.54. The summed E-state index contributed by atoms with van der Waals surface area (Å²) in [6.07, 6.45) is 3.96. The van der Waals surface area contributed by atoms with E-state index in [1.54, 1.807) is 0 Å². The van der Waals surface area contributed by atoms with Gasteiger partial charge in [-0.3, -0.25) is 4.79 Å². The number of hydrogen-bond acceptors (Lipinski definition) is 3. The summed E-state index contributed by atoms with van der Waals surface area (Å²) in [5.74, 6) is -0.276. The van der Waals surface area contributed by atoms with E-state index in [1.165, 1.54) is 6.42 Å². The minimum Gasteiger partial charge on any atom is -0.466 e. The van der Waals surface area contributed by atoms with Crippen molar-refractivity contribution in [2.75, 3.05) is 13.2 Å². The molecule has 1 aliphatic carbocycles. The van der Waals surface area contributed by atoms with E-state index >= 15 is 0 Å². The van der Waals surface area contributed by atoms with Crippen LogP contribution in [0.1, 0.15) is 33.1 Å². The zero-order valence-electron chi connectivity index (χ0n) is 8.41. The van der Waals surface area contributed by atoms with Gasteiger partial charge in [-0.1, -0.05) is 0 Å². The third-order valence-corrected chi connectivity index (χ3v) is 2.32. The lowest BCUT2D eigenvalue weighted by Gasteiger charge is -2.26. The van der Waals surface area contributed by atoms with Crippen molar-refractivity contribution in [3.05, 3.63) is 0 Å². The number of hydrogen-bond donors (Lipinski definition) is 0. The fourth-order valence-corrected chi connectivity index (χ4v) is 1.17. The maximum Gasteiger partial charge on any atom is 0.310 e. The highest BCUT2D eigenvalue weighted by Gasteiger charge is 2.21. The minimum atomic E-state index is -0.151. The molecule has 0 N–H and O–H groups in total. The van der Waals surface area contributed by atoms with Gasteiger partial charge in [-0.2, -0.15) is 0 Å². The van der Waals surface area contributed by atoms with Crippen LogP contribution < -0.4 is 0 Å². The van der Waals surface area contributed by atoms with Crippen LogP contribution in [0.25, 0.3) is 0 Å². The van der Waals surface area contributed by atoms with E-state index in [0.29, 0.717) is 19.3 Å². The first-order valence-electron chi connectivity index (χ1n) is 5.02. The van der Waals surface area contributed by atoms with Gasteiger partial charge in [0, 0.05) is 0 Å². The van der Waals surface area contributed by atoms with Gasteiger partial charge in [0.25, 0.3) is 0 Å². The zero-order valence-corrected chi connectivity index (χ0v) is 8.41. The molecule has 1 atom stereocenters. The average Bonchev–Trinajstić information content (AvgIpc) is 2.01. The van der Waals surface area contributed by atoms with Crippen LogP contribution in [-0.4, -0.2) is 25.3 Å². The Morgan fingerprint density at radius 2 is 2.23 bits per heavy atom. The van der Waals surface area contributed by atoms with E-state index in [2.05, 4.69) is 0 Å². The van der Waals surface area contributed by atoms with E-state index < -0.39 is 0 Å². The zero-order chi connectivity index (χ0) is 9.68. The molecule has 0 aliphatic heterocycles. The molecule has 0 aromatic rings. The van der Waals surface area contributed by atoms with Gasteiger partial charge in [0.1, 0.15) is 0 Å². The smallest absolute Gasteiger partial charge is 0.310 e. The van der Waals surface area contributed by atoms with Crippen LogP contribution in [-0.2, 0) is 14.3 Å². The monoisotopic (exact) mass is 186 g/mol. The topological polar surface area (TPSA) is 35.5 Å². The Bertz CT molecular complexity index is 164. The van der Waals surface area contributed by atoms with Crippen molar-refractivity contribution >= 4 is 5.97 Å². The molecule has 13 heavy (non-hydrogen) atoms. The predicted molar refractivity (Wildman–Crippen MR) is 49.4 cm³/mol. The SMILES string of the molecule is CCOC(=O)C(C)COC1CCC1. The Morgan fingerprint density at radius 1 is 1.54 bits per heavy atom. The van der Waals surface area contributed by atoms with Gasteiger partial charge in [-0.25, -0.2) is 0 Å². The van der Waals surface area contributed by atoms with Crippen LogP contribution in [0.3, 0.4) is 0 Å². The Kier molecular flexibility index (Phi) is 4.22. The lowest BCUT2D eigenvalue weighted by atomic mass is 9.96. The molecule has 0 amide bonds. The Labute approximate surface area is 79.4 Å². The summed E-state index contributed by atoms with van der Waals surface area (Å²) in [7, 11) is 0. The van der Waals surface area contributed by atoms with Crippen LogP contribution in [0, 0.1) is 5.92 Å². The summed E-state index contributed by atoms with van der Waals surface area (Å²) in [6, 6.07) is 0. The normalized spacial score (nSPS) is 19.2. The van der Waals surface area contributed by atoms with Crippen molar-refractivity contribution in [2.45, 2.75) is 39.2 Å². The predicted octanol–water partition coefficient (Wildman–Crippen LogP) is 1.75. The van der Waals surface area contributed by atoms with E-state index in [4.69, 9.17) is 9.47 Å². The Balaban J connectivity index is 2.08. The fourth-order valence-electron chi connectivity index (χ4n) is 1.17. The van der Waals surface area contributed by atoms with Gasteiger partial charge in [0.15, 0.2) is 0 Å². The van der Waals surface area contributed by atoms with E-state index in [9.17, 15) is 4.79 Å². The lowest BCUT2D eigenvalue weighted by molar-refractivity contribution is -0.150. The molecule has 3 nitrogen and oxygen atoms in total. The van der Waals surface area contributed by atoms with Gasteiger partial charge in [0.05, 0.1) is 25.2 Å². The van der Waals surface area contributed by atoms with Crippen LogP contribution >= 0.6 is 0 Å². The standard InChI is InChI=1S/C10H18O3/c1-3-12-10(11)8(2)7-13-9-5-4-6-9/h8-9H,3-7H2,1-2H3. The second-order valence-corrected chi connectivity index (χ2v) is 3.54. The van der Waals surface area contributed by atoms with Crippen molar-refractivity contribution in [1.29, 1.82) is 0 Å². The van der Waals surface area contributed by atoms with Gasteiger partial charge < -0.3 is 9.47 Å². The maximum absolute atomic E-state index is 11.2. The first-order chi connectivity index (χ1) is 6.24. The number of ether oxygens (including phenoxy) is 2. The van der Waals surface area contributed by atoms with E-state index in [1.807, 2.05) is 13.8 Å². The molecule has 0 saturated heterocycles. The largest absolute Gasteiger partial charge is 0.466 e. The van der Waals surface area contributed by atoms with E-state index in [0.717, 1.165) is 12.8 Å². The number of esters is 1. The molecule has 0 heterocycles. The second kappa shape index (κ2) is 5.22. The quantitative estimate of drug-likeness (QED) is 0.614. The van der Waals surface area contributed by atoms with E-state index in [-0.39, 0.29) is 11.9 Å². The Hall–Kier alpha value is -0.570. The average molecular weight is 186 g/mol. The molecule has 0 spiro atoms. The van der Waals surface area contributed by atoms with Gasteiger partial charge in [0.2, 0.25) is 0 Å². The Morgan fingerprint density at radius 3 is 2.69 bits per heavy atom. The van der Waals surface area contributed by atoms with Crippen molar-refractivity contribution in [2.24, 2.45) is 5.92 Å². The molecule has 1 saturated carbocycles. The van der Waals surface area contributed by atoms with Crippen molar-refractivity contribution in [3.8, 4) is 0 Å². The van der Waals surface area contributed by atoms with Crippen LogP contribution in [0.4, 0.5) is 0 Å². The third-order valence-electron chi connectivity index (χ3n) is 2.32. The maximum atomic E-state index is 11.2. The number of carbonyl (C=O) groups is 1. The summed E-state index contributed by atoms with van der Waals surface area (Å²) in [5.41, 5.74) is 0. The summed E-state index contributed by atoms with van der Waals surface area (Å²) < 4.78 is 10.4. The van der Waals surface area contributed by atoms with Gasteiger partial charge in [-0.15, -0.1) is 0 Å². The van der Waals surface area contributed by atoms with Crippen molar-refractivity contribution in [1.82, 2.24) is 0 Å². The van der Waals surface area contributed by atoms with Crippen molar-refractivity contribution < 1.29 is 14.3 Å². The summed E-state index contributed by atoms with van der Waals surface area (Å²) in [4.78, 5) is 11.2. The molecule has 76 valence electrons. The molecule has 1 rings (SSSR count). The first kappa shape index (κ1) is 10.5. The minimum absolute atomic E-state index is 0.124. The van der Waals surface area contributed by atoms with Crippen molar-refractivity contribution in [3.63, 3.8) is 0 Å². The van der Waals surface area contributed by atoms with Gasteiger partial charge in [-0.05, 0) is 33.1 Å². The third kappa shape index (κ3) is 3.35. The van der Waals surface area contributed by atoms with Gasteiger partial charge >= 0.3 is 5.97 Å². The highest BCUT2D eigenvalue weighted by atomic mass is 16.5. The first-order valence-corrected chi connectivity index (χ1v) is 5.02. The molecule has 1 unspecified atom stereocenters. The summed E-state index contributed by atoms with van der Waals surface area (Å²) >= 11 is 0. The summed E-state index contributed by atoms with van der Waals surface area (Å²) in [6.45, 7) is 4.62. The molecule has 3 heteroatoms. The molecule has 1 fully saturated rings. The van der Waals surface area contributed by atoms with Crippen LogP contribution in [0.5, 0.6) is 0 Å². The summed E-state index contributed by atoms with van der Waals surface area (Å²) in [5, 5.41) is 0. The highest BCUT2D eigenvalue weighted by molar-refractivity contribution is 5.72. The lowest BCUT2D eigenvalue weighted by Crippen LogP contribution is -2.27. The molecular formula is C10H18O3. The molecule has 0 aromatic carbocycles. The van der Waals surface area contributed by atoms with Crippen LogP contribution in [0.15, 0.2) is 0 Å². The molecule has 1 aliphatic rings. The highest BCUT2D eigenvalue weighted by Crippen LogP contribution is 2.22. The molecule has 0 bridgehead atoms. The molecule has 0 radical (unpaired) electrons. The fraction of sp³-hybridized carbons (Fsp3) is 0.900. The molecular weight excluding hydrogens is 168 g/mol. The number of rotatable bonds is 5. The number of carbonyl (C=O) groups excluding carboxylic acids is 1. The van der Waals surface area contributed by atoms with Crippen LogP contribution in [0.2, 0.25) is 0 Å².